The molecule has 3 atom stereocenters. The van der Waals surface area contributed by atoms with Crippen LogP contribution in [0.25, 0.3) is 0 Å². The van der Waals surface area contributed by atoms with E-state index in [9.17, 15) is 4.79 Å². The zero-order valence-electron chi connectivity index (χ0n) is 14.3. The summed E-state index contributed by atoms with van der Waals surface area (Å²) in [5.41, 5.74) is 0.433. The van der Waals surface area contributed by atoms with E-state index in [0.717, 1.165) is 31.5 Å². The van der Waals surface area contributed by atoms with Crippen molar-refractivity contribution >= 4 is 28.5 Å². The lowest BCUT2D eigenvalue weighted by Crippen LogP contribution is -2.47. The molecular weight excluding hydrogens is 405 g/mol. The number of hydrogen-bond acceptors (Lipinski definition) is 4. The van der Waals surface area contributed by atoms with Crippen LogP contribution in [0, 0.1) is 15.5 Å². The van der Waals surface area contributed by atoms with E-state index in [1.165, 1.54) is 6.42 Å². The zero-order chi connectivity index (χ0) is 17.0. The fourth-order valence-electron chi connectivity index (χ4n) is 3.37. The van der Waals surface area contributed by atoms with Crippen LogP contribution in [-0.4, -0.2) is 48.6 Å². The van der Waals surface area contributed by atoms with Crippen LogP contribution in [0.2, 0.25) is 0 Å². The molecule has 1 N–H and O–H groups in total. The molecule has 1 aromatic heterocycles. The van der Waals surface area contributed by atoms with Gasteiger partial charge in [0.25, 0.3) is 5.91 Å². The topological polar surface area (TPSA) is 54.5 Å². The Hall–Kier alpha value is -0.890. The van der Waals surface area contributed by atoms with Gasteiger partial charge in [0, 0.05) is 25.7 Å². The third kappa shape index (κ3) is 5.31. The van der Waals surface area contributed by atoms with Gasteiger partial charge in [-0.25, -0.2) is 4.98 Å². The Bertz CT molecular complexity index is 543. The second kappa shape index (κ2) is 8.28. The standard InChI is InChI=1S/C17H26IN3O2/c1-11-7-12(2)9-21(8-11)10-13(3)19-17(22)14-5-6-15(23-4)16(18)20-14/h5-6,11-13H,7-10H2,1-4H3,(H,19,22)/t11-,12+,13-/m0/s1. The summed E-state index contributed by atoms with van der Waals surface area (Å²) in [5, 5.41) is 3.05. The minimum absolute atomic E-state index is 0.0987. The van der Waals surface area contributed by atoms with E-state index >= 15 is 0 Å². The lowest BCUT2D eigenvalue weighted by molar-refractivity contribution is 0.0900. The van der Waals surface area contributed by atoms with Crippen molar-refractivity contribution in [3.63, 3.8) is 0 Å². The molecule has 0 saturated carbocycles. The number of halogens is 1. The van der Waals surface area contributed by atoms with Gasteiger partial charge in [-0.05, 0) is 59.9 Å². The van der Waals surface area contributed by atoms with Crippen LogP contribution in [-0.2, 0) is 0 Å². The van der Waals surface area contributed by atoms with Crippen molar-refractivity contribution in [1.82, 2.24) is 15.2 Å². The van der Waals surface area contributed by atoms with Crippen molar-refractivity contribution in [3.8, 4) is 5.75 Å². The highest BCUT2D eigenvalue weighted by Gasteiger charge is 2.23. The van der Waals surface area contributed by atoms with Crippen LogP contribution in [0.5, 0.6) is 5.75 Å². The smallest absolute Gasteiger partial charge is 0.270 e. The molecule has 1 aromatic rings. The number of piperidine rings is 1. The number of rotatable bonds is 5. The van der Waals surface area contributed by atoms with Gasteiger partial charge in [0.15, 0.2) is 5.75 Å². The van der Waals surface area contributed by atoms with Crippen molar-refractivity contribution in [2.75, 3.05) is 26.7 Å². The molecule has 1 amide bonds. The maximum atomic E-state index is 12.3. The third-order valence-electron chi connectivity index (χ3n) is 4.12. The monoisotopic (exact) mass is 431 g/mol. The van der Waals surface area contributed by atoms with Gasteiger partial charge in [0.1, 0.15) is 9.39 Å². The first-order valence-corrected chi connectivity index (χ1v) is 9.20. The van der Waals surface area contributed by atoms with Crippen LogP contribution >= 0.6 is 22.6 Å². The molecule has 1 aliphatic rings. The fraction of sp³-hybridized carbons (Fsp3) is 0.647. The molecular formula is C17H26IN3O2. The summed E-state index contributed by atoms with van der Waals surface area (Å²) in [7, 11) is 1.60. The summed E-state index contributed by atoms with van der Waals surface area (Å²) in [6.07, 6.45) is 1.30. The molecule has 0 radical (unpaired) electrons. The summed E-state index contributed by atoms with van der Waals surface area (Å²) in [6.45, 7) is 9.76. The van der Waals surface area contributed by atoms with Crippen LogP contribution in [0.1, 0.15) is 37.7 Å². The van der Waals surface area contributed by atoms with Crippen LogP contribution in [0.4, 0.5) is 0 Å². The summed E-state index contributed by atoms with van der Waals surface area (Å²) >= 11 is 2.08. The molecule has 0 bridgehead atoms. The van der Waals surface area contributed by atoms with E-state index in [-0.39, 0.29) is 11.9 Å². The summed E-state index contributed by atoms with van der Waals surface area (Å²) in [5.74, 6) is 2.01. The van der Waals surface area contributed by atoms with Crippen molar-refractivity contribution in [2.45, 2.75) is 33.2 Å². The average Bonchev–Trinajstić information content (AvgIpc) is 2.45. The predicted octanol–water partition coefficient (Wildman–Crippen LogP) is 2.79. The van der Waals surface area contributed by atoms with Gasteiger partial charge in [-0.15, -0.1) is 0 Å². The number of aromatic nitrogens is 1. The molecule has 0 aliphatic carbocycles. The normalized spacial score (nSPS) is 23.3. The molecule has 0 aromatic carbocycles. The Balaban J connectivity index is 1.90. The second-order valence-corrected chi connectivity index (χ2v) is 7.75. The van der Waals surface area contributed by atoms with E-state index in [1.54, 1.807) is 19.2 Å². The molecule has 1 aliphatic heterocycles. The Morgan fingerprint density at radius 1 is 1.43 bits per heavy atom. The molecule has 2 heterocycles. The first kappa shape index (κ1) is 18.4. The highest BCUT2D eigenvalue weighted by Crippen LogP contribution is 2.21. The fourth-order valence-corrected chi connectivity index (χ4v) is 4.03. The molecule has 1 saturated heterocycles. The molecule has 23 heavy (non-hydrogen) atoms. The minimum Gasteiger partial charge on any atom is -0.494 e. The quantitative estimate of drug-likeness (QED) is 0.576. The van der Waals surface area contributed by atoms with E-state index in [2.05, 4.69) is 58.6 Å². The van der Waals surface area contributed by atoms with Crippen LogP contribution in [0.3, 0.4) is 0 Å². The Morgan fingerprint density at radius 2 is 2.09 bits per heavy atom. The zero-order valence-corrected chi connectivity index (χ0v) is 16.5. The number of ether oxygens (including phenoxy) is 1. The van der Waals surface area contributed by atoms with Crippen LogP contribution in [0.15, 0.2) is 12.1 Å². The van der Waals surface area contributed by atoms with E-state index in [0.29, 0.717) is 15.1 Å². The van der Waals surface area contributed by atoms with E-state index in [1.807, 2.05) is 0 Å². The predicted molar refractivity (Wildman–Crippen MR) is 99.8 cm³/mol. The Kier molecular flexibility index (Phi) is 6.64. The number of carbonyl (C=O) groups excluding carboxylic acids is 1. The molecule has 128 valence electrons. The SMILES string of the molecule is COc1ccc(C(=O)N[C@@H](C)CN2C[C@H](C)C[C@H](C)C2)nc1I. The van der Waals surface area contributed by atoms with Gasteiger partial charge >= 0.3 is 0 Å². The lowest BCUT2D eigenvalue weighted by Gasteiger charge is -2.36. The number of amides is 1. The summed E-state index contributed by atoms with van der Waals surface area (Å²) < 4.78 is 5.87. The third-order valence-corrected chi connectivity index (χ3v) is 4.89. The summed E-state index contributed by atoms with van der Waals surface area (Å²) in [4.78, 5) is 19.1. The highest BCUT2D eigenvalue weighted by atomic mass is 127. The first-order chi connectivity index (χ1) is 10.9. The largest absolute Gasteiger partial charge is 0.494 e. The highest BCUT2D eigenvalue weighted by molar-refractivity contribution is 14.1. The minimum atomic E-state index is -0.129. The van der Waals surface area contributed by atoms with Gasteiger partial charge in [-0.3, -0.25) is 4.79 Å². The molecule has 5 nitrogen and oxygen atoms in total. The van der Waals surface area contributed by atoms with Gasteiger partial charge in [-0.2, -0.15) is 0 Å². The summed E-state index contributed by atoms with van der Waals surface area (Å²) in [6, 6.07) is 3.58. The molecule has 0 unspecified atom stereocenters. The van der Waals surface area contributed by atoms with Crippen molar-refractivity contribution in [1.29, 1.82) is 0 Å². The molecule has 0 spiro atoms. The van der Waals surface area contributed by atoms with Crippen molar-refractivity contribution in [3.05, 3.63) is 21.5 Å². The van der Waals surface area contributed by atoms with Crippen molar-refractivity contribution in [2.24, 2.45) is 11.8 Å². The lowest BCUT2D eigenvalue weighted by atomic mass is 9.92. The van der Waals surface area contributed by atoms with Gasteiger partial charge in [0.05, 0.1) is 7.11 Å². The van der Waals surface area contributed by atoms with Gasteiger partial charge < -0.3 is 15.0 Å². The van der Waals surface area contributed by atoms with Gasteiger partial charge in [-0.1, -0.05) is 13.8 Å². The molecule has 6 heteroatoms. The van der Waals surface area contributed by atoms with E-state index in [4.69, 9.17) is 4.74 Å². The number of carbonyl (C=O) groups is 1. The molecule has 2 rings (SSSR count). The van der Waals surface area contributed by atoms with Crippen LogP contribution < -0.4 is 10.1 Å². The van der Waals surface area contributed by atoms with E-state index < -0.39 is 0 Å². The Morgan fingerprint density at radius 3 is 2.65 bits per heavy atom. The maximum Gasteiger partial charge on any atom is 0.270 e. The second-order valence-electron chi connectivity index (χ2n) is 6.73. The number of likely N-dealkylation sites (tertiary alicyclic amines) is 1. The Labute approximate surface area is 152 Å². The first-order valence-electron chi connectivity index (χ1n) is 8.12. The van der Waals surface area contributed by atoms with Gasteiger partial charge in [0.2, 0.25) is 0 Å². The number of nitrogens with one attached hydrogen (secondary N) is 1. The maximum absolute atomic E-state index is 12.3. The number of hydrogen-bond donors (Lipinski definition) is 1. The van der Waals surface area contributed by atoms with Crippen molar-refractivity contribution < 1.29 is 9.53 Å². The number of methoxy groups -OCH3 is 1. The number of nitrogens with zero attached hydrogens (tertiary/aromatic N) is 2. The number of pyridine rings is 1. The average molecular weight is 431 g/mol. The molecule has 1 fully saturated rings.